The average molecular weight is 363 g/mol. The molecule has 0 aromatic heterocycles. The molecule has 4 aliphatic rings. The first kappa shape index (κ1) is 18.5. The molecule has 148 valence electrons. The van der Waals surface area contributed by atoms with Gasteiger partial charge in [-0.3, -0.25) is 9.89 Å². The molecule has 3 atom stereocenters. The zero-order valence-corrected chi connectivity index (χ0v) is 16.6. The third-order valence-corrected chi connectivity index (χ3v) is 7.92. The van der Waals surface area contributed by atoms with Crippen LogP contribution in [0.1, 0.15) is 57.8 Å². The lowest BCUT2D eigenvalue weighted by atomic mass is 9.83. The van der Waals surface area contributed by atoms with Gasteiger partial charge in [-0.2, -0.15) is 0 Å². The second-order valence-corrected chi connectivity index (χ2v) is 9.35. The van der Waals surface area contributed by atoms with E-state index in [0.29, 0.717) is 6.61 Å². The van der Waals surface area contributed by atoms with Crippen molar-refractivity contribution in [2.24, 2.45) is 22.2 Å². The Bertz CT molecular complexity index is 494. The fraction of sp³-hybridized carbons (Fsp3) is 0.952. The van der Waals surface area contributed by atoms with Gasteiger partial charge in [0.15, 0.2) is 5.96 Å². The van der Waals surface area contributed by atoms with E-state index in [1.54, 1.807) is 0 Å². The summed E-state index contributed by atoms with van der Waals surface area (Å²) in [6.45, 7) is 5.85. The van der Waals surface area contributed by atoms with Crippen LogP contribution in [-0.2, 0) is 0 Å². The summed E-state index contributed by atoms with van der Waals surface area (Å²) in [5, 5.41) is 13.1. The Kier molecular flexibility index (Phi) is 5.75. The zero-order chi connectivity index (χ0) is 18.0. The highest BCUT2D eigenvalue weighted by molar-refractivity contribution is 5.80. The van der Waals surface area contributed by atoms with E-state index in [2.05, 4.69) is 20.1 Å². The van der Waals surface area contributed by atoms with Crippen LogP contribution in [0.2, 0.25) is 0 Å². The van der Waals surface area contributed by atoms with E-state index < -0.39 is 0 Å². The summed E-state index contributed by atoms with van der Waals surface area (Å²) in [5.41, 5.74) is 0.287. The van der Waals surface area contributed by atoms with Crippen LogP contribution in [0.5, 0.6) is 0 Å². The second kappa shape index (κ2) is 8.05. The van der Waals surface area contributed by atoms with Crippen LogP contribution in [0.4, 0.5) is 0 Å². The molecule has 0 radical (unpaired) electrons. The SMILES string of the molecule is CN=C(NCC1(CCO)CCCC1)N1CCN(C2CC3CCC2C3)CC1. The molecule has 0 aromatic rings. The quantitative estimate of drug-likeness (QED) is 0.582. The van der Waals surface area contributed by atoms with Gasteiger partial charge in [-0.15, -0.1) is 0 Å². The van der Waals surface area contributed by atoms with Crippen molar-refractivity contribution in [3.05, 3.63) is 0 Å². The van der Waals surface area contributed by atoms with E-state index in [1.165, 1.54) is 64.5 Å². The molecular formula is C21H38N4O. The number of rotatable bonds is 5. The zero-order valence-electron chi connectivity index (χ0n) is 16.6. The summed E-state index contributed by atoms with van der Waals surface area (Å²) in [7, 11) is 1.91. The second-order valence-electron chi connectivity index (χ2n) is 9.35. The van der Waals surface area contributed by atoms with Gasteiger partial charge in [0, 0.05) is 52.4 Å². The number of fused-ring (bicyclic) bond motifs is 2. The fourth-order valence-corrected chi connectivity index (χ4v) is 6.40. The van der Waals surface area contributed by atoms with Crippen molar-refractivity contribution >= 4 is 5.96 Å². The number of nitrogens with one attached hydrogen (secondary N) is 1. The number of aliphatic hydroxyl groups excluding tert-OH is 1. The Balaban J connectivity index is 1.27. The topological polar surface area (TPSA) is 51.1 Å². The number of nitrogens with zero attached hydrogens (tertiary/aromatic N) is 3. The molecule has 1 aliphatic heterocycles. The molecule has 5 heteroatoms. The molecule has 2 N–H and O–H groups in total. The molecule has 0 amide bonds. The van der Waals surface area contributed by atoms with Gasteiger partial charge in [-0.1, -0.05) is 19.3 Å². The minimum Gasteiger partial charge on any atom is -0.396 e. The summed E-state index contributed by atoms with van der Waals surface area (Å²) < 4.78 is 0. The standard InChI is InChI=1S/C21H38N4O/c1-22-20(23-16-21(8-13-26)6-2-3-7-21)25-11-9-24(10-12-25)19-15-17-4-5-18(19)14-17/h17-19,26H,2-16H2,1H3,(H,22,23). The summed E-state index contributed by atoms with van der Waals surface area (Å²) in [4.78, 5) is 9.80. The molecule has 2 bridgehead atoms. The fourth-order valence-electron chi connectivity index (χ4n) is 6.40. The van der Waals surface area contributed by atoms with Crippen molar-refractivity contribution in [2.75, 3.05) is 46.4 Å². The van der Waals surface area contributed by atoms with E-state index in [-0.39, 0.29) is 5.41 Å². The van der Waals surface area contributed by atoms with Crippen molar-refractivity contribution in [2.45, 2.75) is 63.8 Å². The molecule has 3 saturated carbocycles. The van der Waals surface area contributed by atoms with Crippen molar-refractivity contribution in [1.29, 1.82) is 0 Å². The third kappa shape index (κ3) is 3.75. The van der Waals surface area contributed by atoms with Crippen LogP contribution in [0, 0.1) is 17.3 Å². The molecule has 0 spiro atoms. The smallest absolute Gasteiger partial charge is 0.193 e. The predicted octanol–water partition coefficient (Wildman–Crippen LogP) is 2.31. The largest absolute Gasteiger partial charge is 0.396 e. The van der Waals surface area contributed by atoms with Gasteiger partial charge in [0.1, 0.15) is 0 Å². The third-order valence-electron chi connectivity index (χ3n) is 7.92. The first-order valence-electron chi connectivity index (χ1n) is 11.0. The molecule has 1 saturated heterocycles. The van der Waals surface area contributed by atoms with Crippen LogP contribution in [0.3, 0.4) is 0 Å². The maximum absolute atomic E-state index is 9.47. The number of hydrogen-bond acceptors (Lipinski definition) is 3. The summed E-state index contributed by atoms with van der Waals surface area (Å²) in [5.74, 6) is 3.10. The summed E-state index contributed by atoms with van der Waals surface area (Å²) in [6.07, 6.45) is 12.0. The highest BCUT2D eigenvalue weighted by Crippen LogP contribution is 2.46. The van der Waals surface area contributed by atoms with E-state index >= 15 is 0 Å². The number of hydrogen-bond donors (Lipinski definition) is 2. The highest BCUT2D eigenvalue weighted by Gasteiger charge is 2.43. The van der Waals surface area contributed by atoms with E-state index in [1.807, 2.05) is 7.05 Å². The lowest BCUT2D eigenvalue weighted by Crippen LogP contribution is -2.56. The first-order chi connectivity index (χ1) is 12.7. The summed E-state index contributed by atoms with van der Waals surface area (Å²) in [6, 6.07) is 0.872. The van der Waals surface area contributed by atoms with E-state index in [0.717, 1.165) is 49.9 Å². The Hall–Kier alpha value is -0.810. The van der Waals surface area contributed by atoms with Gasteiger partial charge in [-0.05, 0) is 55.8 Å². The van der Waals surface area contributed by atoms with Crippen molar-refractivity contribution < 1.29 is 5.11 Å². The number of piperazine rings is 1. The molecule has 5 nitrogen and oxygen atoms in total. The van der Waals surface area contributed by atoms with Gasteiger partial charge >= 0.3 is 0 Å². The molecule has 26 heavy (non-hydrogen) atoms. The van der Waals surface area contributed by atoms with Crippen LogP contribution >= 0.6 is 0 Å². The van der Waals surface area contributed by atoms with Crippen LogP contribution in [0.25, 0.3) is 0 Å². The minimum atomic E-state index is 0.287. The number of guanidine groups is 1. The maximum atomic E-state index is 9.47. The highest BCUT2D eigenvalue weighted by atomic mass is 16.3. The predicted molar refractivity (Wildman–Crippen MR) is 106 cm³/mol. The van der Waals surface area contributed by atoms with E-state index in [9.17, 15) is 5.11 Å². The monoisotopic (exact) mass is 362 g/mol. The lowest BCUT2D eigenvalue weighted by Gasteiger charge is -2.42. The van der Waals surface area contributed by atoms with E-state index in [4.69, 9.17) is 0 Å². The molecule has 4 rings (SSSR count). The lowest BCUT2D eigenvalue weighted by molar-refractivity contribution is 0.0952. The summed E-state index contributed by atoms with van der Waals surface area (Å²) >= 11 is 0. The molecular weight excluding hydrogens is 324 g/mol. The van der Waals surface area contributed by atoms with Gasteiger partial charge < -0.3 is 15.3 Å². The maximum Gasteiger partial charge on any atom is 0.193 e. The van der Waals surface area contributed by atoms with Gasteiger partial charge in [-0.25, -0.2) is 0 Å². The molecule has 4 fully saturated rings. The van der Waals surface area contributed by atoms with Gasteiger partial charge in [0.05, 0.1) is 0 Å². The molecule has 0 aromatic carbocycles. The minimum absolute atomic E-state index is 0.287. The molecule has 3 unspecified atom stereocenters. The Labute approximate surface area is 159 Å². The average Bonchev–Trinajstić information content (AvgIpc) is 3.40. The van der Waals surface area contributed by atoms with Crippen LogP contribution in [0.15, 0.2) is 4.99 Å². The van der Waals surface area contributed by atoms with Crippen molar-refractivity contribution in [1.82, 2.24) is 15.1 Å². The normalized spacial score (nSPS) is 34.6. The van der Waals surface area contributed by atoms with Crippen LogP contribution < -0.4 is 5.32 Å². The molecule has 3 aliphatic carbocycles. The number of aliphatic imine (C=N–C) groups is 1. The first-order valence-corrected chi connectivity index (χ1v) is 11.0. The van der Waals surface area contributed by atoms with Gasteiger partial charge in [0.25, 0.3) is 0 Å². The Morgan fingerprint density at radius 3 is 2.46 bits per heavy atom. The Morgan fingerprint density at radius 2 is 1.88 bits per heavy atom. The van der Waals surface area contributed by atoms with Crippen molar-refractivity contribution in [3.8, 4) is 0 Å². The van der Waals surface area contributed by atoms with Crippen molar-refractivity contribution in [3.63, 3.8) is 0 Å². The number of aliphatic hydroxyl groups is 1. The van der Waals surface area contributed by atoms with Crippen LogP contribution in [-0.4, -0.2) is 73.3 Å². The molecule has 1 heterocycles. The Morgan fingerprint density at radius 1 is 1.12 bits per heavy atom. The van der Waals surface area contributed by atoms with Gasteiger partial charge in [0.2, 0.25) is 0 Å².